The Hall–Kier alpha value is -2.13. The van der Waals surface area contributed by atoms with Crippen molar-refractivity contribution in [3.8, 4) is 0 Å². The molecule has 1 rings (SSSR count). The van der Waals surface area contributed by atoms with Crippen LogP contribution in [-0.4, -0.2) is 125 Å². The summed E-state index contributed by atoms with van der Waals surface area (Å²) in [5.74, 6) is 2.10. The average molecular weight is 989 g/mol. The van der Waals surface area contributed by atoms with E-state index in [1.165, 1.54) is 151 Å². The van der Waals surface area contributed by atoms with Crippen molar-refractivity contribution in [2.45, 2.75) is 213 Å². The molecular weight excluding hydrogens is 895 g/mol. The maximum Gasteiger partial charge on any atom is 0.306 e. The van der Waals surface area contributed by atoms with Gasteiger partial charge in [0, 0.05) is 53.8 Å². The molecule has 0 aromatic carbocycles. The standard InChI is InChI=1S/C51H93N3O9S3/c1-4-7-10-13-16-19-22-25-34-61-49(58)31-40-64-37-28-46(55)52-43-53(47(56)29-38-65-41-32-50(59)62-35-26-23-20-17-14-11-8-5-2)45-54(44-52)48(57)30-39-66-42-33-51(60)63-36-27-24-21-18-15-12-9-6-3/h4-45H2,1-3H3. The molecule has 0 atom stereocenters. The van der Waals surface area contributed by atoms with Crippen molar-refractivity contribution in [2.24, 2.45) is 0 Å². The molecule has 15 heteroatoms. The predicted molar refractivity (Wildman–Crippen MR) is 276 cm³/mol. The van der Waals surface area contributed by atoms with E-state index in [2.05, 4.69) is 20.8 Å². The quantitative estimate of drug-likeness (QED) is 0.0326. The highest BCUT2D eigenvalue weighted by Gasteiger charge is 2.31. The first-order valence-electron chi connectivity index (χ1n) is 26.2. The van der Waals surface area contributed by atoms with Gasteiger partial charge >= 0.3 is 17.9 Å². The molecule has 3 amide bonds. The fourth-order valence-electron chi connectivity index (χ4n) is 7.43. The van der Waals surface area contributed by atoms with Crippen LogP contribution in [0.3, 0.4) is 0 Å². The summed E-state index contributed by atoms with van der Waals surface area (Å²) in [6.07, 6.45) is 30.0. The number of hydrogen-bond donors (Lipinski definition) is 0. The second-order valence-corrected chi connectivity index (χ2v) is 21.3. The van der Waals surface area contributed by atoms with Gasteiger partial charge in [0.2, 0.25) is 17.7 Å². The number of amides is 3. The molecule has 0 spiro atoms. The number of nitrogens with zero attached hydrogens (tertiary/aromatic N) is 3. The SMILES string of the molecule is CCCCCCCCCCOC(=O)CCSCCC(=O)N1CN(C(=O)CCSCCC(=O)OCCCCCCCCCC)CN(C(=O)CCSCCC(=O)OCCCCCCCCCC)C1. The maximum absolute atomic E-state index is 13.5. The van der Waals surface area contributed by atoms with Crippen LogP contribution in [0.15, 0.2) is 0 Å². The summed E-state index contributed by atoms with van der Waals surface area (Å²) in [5.41, 5.74) is 0. The van der Waals surface area contributed by atoms with Gasteiger partial charge in [-0.15, -0.1) is 0 Å². The summed E-state index contributed by atoms with van der Waals surface area (Å²) >= 11 is 4.56. The zero-order valence-corrected chi connectivity index (χ0v) is 44.4. The molecule has 1 aliphatic rings. The fraction of sp³-hybridized carbons (Fsp3) is 0.882. The van der Waals surface area contributed by atoms with Crippen molar-refractivity contribution in [3.05, 3.63) is 0 Å². The highest BCUT2D eigenvalue weighted by Crippen LogP contribution is 2.18. The lowest BCUT2D eigenvalue weighted by atomic mass is 10.1. The van der Waals surface area contributed by atoms with Crippen LogP contribution < -0.4 is 0 Å². The van der Waals surface area contributed by atoms with Crippen molar-refractivity contribution in [1.82, 2.24) is 14.7 Å². The molecule has 66 heavy (non-hydrogen) atoms. The summed E-state index contributed by atoms with van der Waals surface area (Å²) in [5, 5.41) is 0. The van der Waals surface area contributed by atoms with Crippen LogP contribution in [0.4, 0.5) is 0 Å². The van der Waals surface area contributed by atoms with Gasteiger partial charge in [-0.05, 0) is 19.3 Å². The molecule has 0 aromatic heterocycles. The second-order valence-electron chi connectivity index (χ2n) is 17.6. The van der Waals surface area contributed by atoms with Crippen LogP contribution in [0, 0.1) is 0 Å². The normalized spacial score (nSPS) is 12.7. The lowest BCUT2D eigenvalue weighted by Gasteiger charge is -2.42. The molecule has 0 aliphatic carbocycles. The summed E-state index contributed by atoms with van der Waals surface area (Å²) in [6, 6.07) is 0. The van der Waals surface area contributed by atoms with Gasteiger partial charge < -0.3 is 28.9 Å². The zero-order valence-electron chi connectivity index (χ0n) is 41.9. The van der Waals surface area contributed by atoms with E-state index < -0.39 is 0 Å². The smallest absolute Gasteiger partial charge is 0.306 e. The predicted octanol–water partition coefficient (Wildman–Crippen LogP) is 12.0. The van der Waals surface area contributed by atoms with E-state index in [1.807, 2.05) is 0 Å². The molecule has 12 nitrogen and oxygen atoms in total. The Balaban J connectivity index is 2.49. The van der Waals surface area contributed by atoms with Gasteiger partial charge in [-0.2, -0.15) is 35.3 Å². The Morgan fingerprint density at radius 1 is 0.318 bits per heavy atom. The summed E-state index contributed by atoms with van der Waals surface area (Å²) in [7, 11) is 0. The molecule has 1 aliphatic heterocycles. The molecule has 1 heterocycles. The molecule has 1 fully saturated rings. The summed E-state index contributed by atoms with van der Waals surface area (Å²) in [4.78, 5) is 81.8. The first-order chi connectivity index (χ1) is 32.2. The Kier molecular flexibility index (Phi) is 42.5. The topological polar surface area (TPSA) is 140 Å². The van der Waals surface area contributed by atoms with Gasteiger partial charge in [0.1, 0.15) is 0 Å². The van der Waals surface area contributed by atoms with Crippen LogP contribution in [0.5, 0.6) is 0 Å². The van der Waals surface area contributed by atoms with Crippen LogP contribution in [0.1, 0.15) is 213 Å². The number of unbranched alkanes of at least 4 members (excludes halogenated alkanes) is 21. The van der Waals surface area contributed by atoms with E-state index in [0.29, 0.717) is 73.6 Å². The first kappa shape index (κ1) is 61.9. The van der Waals surface area contributed by atoms with Crippen LogP contribution in [0.25, 0.3) is 0 Å². The van der Waals surface area contributed by atoms with Crippen molar-refractivity contribution < 1.29 is 43.0 Å². The first-order valence-corrected chi connectivity index (χ1v) is 29.7. The molecule has 0 N–H and O–H groups in total. The number of ether oxygens (including phenoxy) is 3. The van der Waals surface area contributed by atoms with Gasteiger partial charge in [-0.25, -0.2) is 0 Å². The number of hydrogen-bond acceptors (Lipinski definition) is 12. The molecule has 0 unspecified atom stereocenters. The minimum absolute atomic E-state index is 0.0999. The maximum atomic E-state index is 13.5. The number of carbonyl (C=O) groups excluding carboxylic acids is 6. The third kappa shape index (κ3) is 36.9. The van der Waals surface area contributed by atoms with E-state index >= 15 is 0 Å². The van der Waals surface area contributed by atoms with Gasteiger partial charge in [-0.3, -0.25) is 28.8 Å². The lowest BCUT2D eigenvalue weighted by molar-refractivity contribution is -0.158. The van der Waals surface area contributed by atoms with Crippen LogP contribution >= 0.6 is 35.3 Å². The Bertz CT molecular complexity index is 1110. The van der Waals surface area contributed by atoms with E-state index in [1.54, 1.807) is 14.7 Å². The number of carbonyl (C=O) groups is 6. The largest absolute Gasteiger partial charge is 0.466 e. The fourth-order valence-corrected chi connectivity index (χ4v) is 9.94. The number of thioether (sulfide) groups is 3. The molecular formula is C51H93N3O9S3. The minimum Gasteiger partial charge on any atom is -0.466 e. The van der Waals surface area contributed by atoms with E-state index in [0.717, 1.165) is 38.5 Å². The Morgan fingerprint density at radius 3 is 0.773 bits per heavy atom. The number of rotatable bonds is 45. The van der Waals surface area contributed by atoms with Crippen molar-refractivity contribution in [2.75, 3.05) is 74.3 Å². The van der Waals surface area contributed by atoms with Gasteiger partial charge in [-0.1, -0.05) is 156 Å². The van der Waals surface area contributed by atoms with Crippen molar-refractivity contribution in [1.29, 1.82) is 0 Å². The molecule has 0 radical (unpaired) electrons. The van der Waals surface area contributed by atoms with Crippen LogP contribution in [-0.2, 0) is 43.0 Å². The molecule has 384 valence electrons. The van der Waals surface area contributed by atoms with Gasteiger partial charge in [0.25, 0.3) is 0 Å². The molecule has 0 aromatic rings. The Labute approximate surface area is 414 Å². The second kappa shape index (κ2) is 45.3. The summed E-state index contributed by atoms with van der Waals surface area (Å²) in [6.45, 7) is 8.32. The van der Waals surface area contributed by atoms with Crippen molar-refractivity contribution in [3.63, 3.8) is 0 Å². The molecule has 0 saturated carbocycles. The van der Waals surface area contributed by atoms with E-state index in [4.69, 9.17) is 14.2 Å². The Morgan fingerprint density at radius 2 is 0.530 bits per heavy atom. The van der Waals surface area contributed by atoms with Crippen LogP contribution in [0.2, 0.25) is 0 Å². The third-order valence-corrected chi connectivity index (χ3v) is 14.6. The highest BCUT2D eigenvalue weighted by atomic mass is 32.2. The van der Waals surface area contributed by atoms with Crippen molar-refractivity contribution >= 4 is 70.9 Å². The van der Waals surface area contributed by atoms with E-state index in [-0.39, 0.29) is 74.9 Å². The van der Waals surface area contributed by atoms with Gasteiger partial charge in [0.15, 0.2) is 0 Å². The summed E-state index contributed by atoms with van der Waals surface area (Å²) < 4.78 is 16.2. The molecule has 0 bridgehead atoms. The van der Waals surface area contributed by atoms with E-state index in [9.17, 15) is 28.8 Å². The average Bonchev–Trinajstić information content (AvgIpc) is 3.31. The highest BCUT2D eigenvalue weighted by molar-refractivity contribution is 7.99. The number of esters is 3. The van der Waals surface area contributed by atoms with Gasteiger partial charge in [0.05, 0.1) is 59.1 Å². The molecule has 1 saturated heterocycles. The lowest BCUT2D eigenvalue weighted by Crippen LogP contribution is -2.59. The third-order valence-electron chi connectivity index (χ3n) is 11.6. The monoisotopic (exact) mass is 988 g/mol. The minimum atomic E-state index is -0.213. The zero-order chi connectivity index (χ0) is 48.1.